The number of hydrogen-bond acceptors (Lipinski definition) is 6. The number of hydrogen-bond donors (Lipinski definition) is 2. The van der Waals surface area contributed by atoms with Gasteiger partial charge in [0.15, 0.2) is 0 Å². The summed E-state index contributed by atoms with van der Waals surface area (Å²) in [4.78, 5) is 9.56. The predicted molar refractivity (Wildman–Crippen MR) is 148 cm³/mol. The second kappa shape index (κ2) is 12.7. The molecule has 0 bridgehead atoms. The molecule has 0 aromatic carbocycles. The van der Waals surface area contributed by atoms with Gasteiger partial charge < -0.3 is 20.1 Å². The standard InChI is InChI=1S/C29H43ClN4O2/c1-20(19-35-4)33-23-10-8-21(9-11-23)14-24-15-25(26(30)18-31-24)27-6-5-7-28(34-27)32-17-22-12-13-36-29(2,3)16-22/h5-7,15,18,20-23,33H,8-14,16-17,19H2,1-4H3,(H,32,34)/t20-,21?,22-,23?/m1/s1. The van der Waals surface area contributed by atoms with Crippen LogP contribution in [0.25, 0.3) is 11.3 Å². The summed E-state index contributed by atoms with van der Waals surface area (Å²) in [6.07, 6.45) is 9.77. The van der Waals surface area contributed by atoms with E-state index >= 15 is 0 Å². The van der Waals surface area contributed by atoms with Crippen molar-refractivity contribution in [3.05, 3.63) is 41.2 Å². The minimum absolute atomic E-state index is 0.0426. The number of nitrogens with zero attached hydrogens (tertiary/aromatic N) is 2. The van der Waals surface area contributed by atoms with Crippen molar-refractivity contribution < 1.29 is 9.47 Å². The Morgan fingerprint density at radius 2 is 1.97 bits per heavy atom. The number of anilines is 1. The van der Waals surface area contributed by atoms with Crippen LogP contribution in [0.15, 0.2) is 30.5 Å². The molecule has 1 aliphatic carbocycles. The molecule has 0 unspecified atom stereocenters. The summed E-state index contributed by atoms with van der Waals surface area (Å²) in [5, 5.41) is 7.90. The normalized spacial score (nSPS) is 24.9. The van der Waals surface area contributed by atoms with Crippen molar-refractivity contribution in [3.8, 4) is 11.3 Å². The summed E-state index contributed by atoms with van der Waals surface area (Å²) in [7, 11) is 1.76. The second-order valence-electron chi connectivity index (χ2n) is 11.4. The molecule has 1 aliphatic heterocycles. The topological polar surface area (TPSA) is 68.3 Å². The van der Waals surface area contributed by atoms with Crippen LogP contribution >= 0.6 is 11.6 Å². The number of rotatable bonds is 10. The fourth-order valence-corrected chi connectivity index (χ4v) is 5.98. The van der Waals surface area contributed by atoms with E-state index in [1.165, 1.54) is 25.7 Å². The zero-order valence-corrected chi connectivity index (χ0v) is 23.1. The molecule has 2 N–H and O–H groups in total. The molecule has 0 spiro atoms. The van der Waals surface area contributed by atoms with Crippen LogP contribution in [0.5, 0.6) is 0 Å². The van der Waals surface area contributed by atoms with Crippen LogP contribution in [-0.4, -0.2) is 54.5 Å². The predicted octanol–water partition coefficient (Wildman–Crippen LogP) is 6.14. The van der Waals surface area contributed by atoms with E-state index in [2.05, 4.69) is 42.5 Å². The van der Waals surface area contributed by atoms with Gasteiger partial charge >= 0.3 is 0 Å². The number of pyridine rings is 2. The van der Waals surface area contributed by atoms with Crippen LogP contribution in [0, 0.1) is 11.8 Å². The van der Waals surface area contributed by atoms with Gasteiger partial charge in [-0.15, -0.1) is 0 Å². The highest BCUT2D eigenvalue weighted by atomic mass is 35.5. The van der Waals surface area contributed by atoms with Gasteiger partial charge in [-0.3, -0.25) is 4.98 Å². The van der Waals surface area contributed by atoms with Crippen molar-refractivity contribution in [2.75, 3.05) is 32.2 Å². The van der Waals surface area contributed by atoms with Gasteiger partial charge in [0, 0.05) is 49.8 Å². The fraction of sp³-hybridized carbons (Fsp3) is 0.655. The molecule has 1 saturated heterocycles. The molecule has 4 rings (SSSR count). The Morgan fingerprint density at radius 3 is 2.72 bits per heavy atom. The molecule has 2 aliphatic rings. The van der Waals surface area contributed by atoms with Crippen LogP contribution in [0.3, 0.4) is 0 Å². The average molecular weight is 515 g/mol. The Bertz CT molecular complexity index is 977. The lowest BCUT2D eigenvalue weighted by atomic mass is 9.83. The van der Waals surface area contributed by atoms with Gasteiger partial charge in [-0.05, 0) is 95.8 Å². The van der Waals surface area contributed by atoms with Gasteiger partial charge in [-0.25, -0.2) is 4.98 Å². The maximum Gasteiger partial charge on any atom is 0.126 e. The first-order chi connectivity index (χ1) is 17.3. The monoisotopic (exact) mass is 514 g/mol. The molecule has 2 aromatic heterocycles. The molecule has 3 heterocycles. The number of nitrogens with one attached hydrogen (secondary N) is 2. The number of aromatic nitrogens is 2. The third kappa shape index (κ3) is 7.88. The van der Waals surface area contributed by atoms with Gasteiger partial charge in [0.25, 0.3) is 0 Å². The van der Waals surface area contributed by atoms with Crippen molar-refractivity contribution in [2.45, 2.75) is 83.4 Å². The summed E-state index contributed by atoms with van der Waals surface area (Å²) >= 11 is 6.59. The lowest BCUT2D eigenvalue weighted by Gasteiger charge is -2.35. The second-order valence-corrected chi connectivity index (χ2v) is 11.8. The van der Waals surface area contributed by atoms with E-state index in [9.17, 15) is 0 Å². The molecule has 6 nitrogen and oxygen atoms in total. The van der Waals surface area contributed by atoms with Crippen molar-refractivity contribution in [2.24, 2.45) is 11.8 Å². The summed E-state index contributed by atoms with van der Waals surface area (Å²) < 4.78 is 11.1. The SMILES string of the molecule is COC[C@@H](C)NC1CCC(Cc2cc(-c3cccc(NC[C@@H]4CCOC(C)(C)C4)n3)c(Cl)cn2)CC1. The lowest BCUT2D eigenvalue weighted by molar-refractivity contribution is -0.0699. The fourth-order valence-electron chi connectivity index (χ4n) is 5.78. The number of methoxy groups -OCH3 is 1. The van der Waals surface area contributed by atoms with Gasteiger partial charge in [0.05, 0.1) is 22.9 Å². The van der Waals surface area contributed by atoms with E-state index in [1.807, 2.05) is 18.2 Å². The smallest absolute Gasteiger partial charge is 0.126 e. The summed E-state index contributed by atoms with van der Waals surface area (Å²) in [6.45, 7) is 9.03. The zero-order valence-electron chi connectivity index (χ0n) is 22.4. The van der Waals surface area contributed by atoms with E-state index in [1.54, 1.807) is 13.3 Å². The van der Waals surface area contributed by atoms with Crippen molar-refractivity contribution >= 4 is 17.4 Å². The van der Waals surface area contributed by atoms with Crippen LogP contribution in [0.4, 0.5) is 5.82 Å². The molecule has 1 saturated carbocycles. The van der Waals surface area contributed by atoms with E-state index in [0.717, 1.165) is 61.8 Å². The Labute approximate surface area is 221 Å². The molecule has 2 atom stereocenters. The molecule has 198 valence electrons. The van der Waals surface area contributed by atoms with Crippen molar-refractivity contribution in [3.63, 3.8) is 0 Å². The maximum absolute atomic E-state index is 6.59. The van der Waals surface area contributed by atoms with E-state index in [0.29, 0.717) is 28.9 Å². The highest BCUT2D eigenvalue weighted by molar-refractivity contribution is 6.33. The minimum Gasteiger partial charge on any atom is -0.383 e. The van der Waals surface area contributed by atoms with Crippen LogP contribution in [-0.2, 0) is 15.9 Å². The van der Waals surface area contributed by atoms with Crippen LogP contribution in [0.1, 0.15) is 65.0 Å². The summed E-state index contributed by atoms with van der Waals surface area (Å²) in [5.41, 5.74) is 2.91. The molecule has 2 aromatic rings. The third-order valence-corrected chi connectivity index (χ3v) is 7.89. The third-order valence-electron chi connectivity index (χ3n) is 7.59. The quantitative estimate of drug-likeness (QED) is 0.397. The van der Waals surface area contributed by atoms with Gasteiger partial charge in [0.2, 0.25) is 0 Å². The Balaban J connectivity index is 1.34. The van der Waals surface area contributed by atoms with Gasteiger partial charge in [0.1, 0.15) is 5.82 Å². The lowest BCUT2D eigenvalue weighted by Crippen LogP contribution is -2.41. The molecule has 7 heteroatoms. The van der Waals surface area contributed by atoms with Gasteiger partial charge in [-0.2, -0.15) is 0 Å². The zero-order chi connectivity index (χ0) is 25.5. The molecular formula is C29H43ClN4O2. The largest absolute Gasteiger partial charge is 0.383 e. The first-order valence-electron chi connectivity index (χ1n) is 13.6. The number of halogens is 1. The summed E-state index contributed by atoms with van der Waals surface area (Å²) in [6, 6.07) is 9.24. The van der Waals surface area contributed by atoms with Gasteiger partial charge in [-0.1, -0.05) is 17.7 Å². The minimum atomic E-state index is -0.0426. The first-order valence-corrected chi connectivity index (χ1v) is 13.9. The highest BCUT2D eigenvalue weighted by Gasteiger charge is 2.28. The Morgan fingerprint density at radius 1 is 1.17 bits per heavy atom. The van der Waals surface area contributed by atoms with Crippen molar-refractivity contribution in [1.29, 1.82) is 0 Å². The van der Waals surface area contributed by atoms with Crippen LogP contribution < -0.4 is 10.6 Å². The molecule has 36 heavy (non-hydrogen) atoms. The molecule has 0 radical (unpaired) electrons. The number of ether oxygens (including phenoxy) is 2. The Kier molecular flexibility index (Phi) is 9.62. The van der Waals surface area contributed by atoms with Crippen molar-refractivity contribution in [1.82, 2.24) is 15.3 Å². The van der Waals surface area contributed by atoms with E-state index in [-0.39, 0.29) is 5.60 Å². The average Bonchev–Trinajstić information content (AvgIpc) is 2.85. The molecular weight excluding hydrogens is 472 g/mol. The Hall–Kier alpha value is -1.73. The highest BCUT2D eigenvalue weighted by Crippen LogP contribution is 2.32. The van der Waals surface area contributed by atoms with E-state index in [4.69, 9.17) is 26.1 Å². The first kappa shape index (κ1) is 27.3. The van der Waals surface area contributed by atoms with Crippen LogP contribution in [0.2, 0.25) is 5.02 Å². The maximum atomic E-state index is 6.59. The van der Waals surface area contributed by atoms with E-state index < -0.39 is 0 Å². The molecule has 2 fully saturated rings. The summed E-state index contributed by atoms with van der Waals surface area (Å²) in [5.74, 6) is 2.13. The molecule has 0 amide bonds.